The summed E-state index contributed by atoms with van der Waals surface area (Å²) in [7, 11) is 1.57. The number of anilines is 1. The van der Waals surface area contributed by atoms with Gasteiger partial charge in [-0.15, -0.1) is 0 Å². The Morgan fingerprint density at radius 1 is 1.56 bits per heavy atom. The maximum Gasteiger partial charge on any atom is 0.237 e. The molecule has 0 aliphatic carbocycles. The Balaban J connectivity index is 2.61. The first-order valence-electron chi connectivity index (χ1n) is 4.70. The predicted octanol–water partition coefficient (Wildman–Crippen LogP) is 0.112. The molecule has 6 heteroatoms. The van der Waals surface area contributed by atoms with E-state index >= 15 is 0 Å². The Morgan fingerprint density at radius 3 is 2.94 bits per heavy atom. The van der Waals surface area contributed by atoms with Crippen molar-refractivity contribution in [3.63, 3.8) is 0 Å². The first-order chi connectivity index (χ1) is 7.61. The minimum Gasteiger partial charge on any atom is -0.497 e. The summed E-state index contributed by atoms with van der Waals surface area (Å²) in [6, 6.07) is 5.33. The maximum atomic E-state index is 10.9. The summed E-state index contributed by atoms with van der Waals surface area (Å²) in [6.45, 7) is 0.00943. The van der Waals surface area contributed by atoms with Crippen LogP contribution in [-0.4, -0.2) is 22.6 Å². The van der Waals surface area contributed by atoms with Crippen molar-refractivity contribution in [2.24, 2.45) is 5.73 Å². The average molecular weight is 220 g/mol. The zero-order valence-electron chi connectivity index (χ0n) is 8.80. The standard InChI is InChI=1S/C10H12N4O2/c1-16-6-2-3-7-8(4-6)14(5-9(11)15)10(12)13-7/h2-4H,5H2,1H3,(H2,11,15)(H2,12,13). The molecule has 0 radical (unpaired) electrons. The zero-order valence-corrected chi connectivity index (χ0v) is 8.80. The summed E-state index contributed by atoms with van der Waals surface area (Å²) >= 11 is 0. The molecule has 84 valence electrons. The normalized spacial score (nSPS) is 10.6. The number of imidazole rings is 1. The van der Waals surface area contributed by atoms with Gasteiger partial charge >= 0.3 is 0 Å². The molecular weight excluding hydrogens is 208 g/mol. The van der Waals surface area contributed by atoms with Gasteiger partial charge in [-0.3, -0.25) is 4.79 Å². The van der Waals surface area contributed by atoms with E-state index in [0.717, 1.165) is 5.52 Å². The molecule has 16 heavy (non-hydrogen) atoms. The van der Waals surface area contributed by atoms with Gasteiger partial charge in [-0.1, -0.05) is 0 Å². The summed E-state index contributed by atoms with van der Waals surface area (Å²) < 4.78 is 6.65. The van der Waals surface area contributed by atoms with E-state index in [2.05, 4.69) is 4.98 Å². The van der Waals surface area contributed by atoms with Crippen LogP contribution >= 0.6 is 0 Å². The van der Waals surface area contributed by atoms with Crippen molar-refractivity contribution >= 4 is 22.9 Å². The predicted molar refractivity (Wildman–Crippen MR) is 59.9 cm³/mol. The molecule has 0 atom stereocenters. The van der Waals surface area contributed by atoms with E-state index in [1.807, 2.05) is 0 Å². The van der Waals surface area contributed by atoms with Gasteiger partial charge in [0, 0.05) is 6.07 Å². The molecule has 6 nitrogen and oxygen atoms in total. The topological polar surface area (TPSA) is 96.2 Å². The van der Waals surface area contributed by atoms with Gasteiger partial charge in [-0.05, 0) is 12.1 Å². The maximum absolute atomic E-state index is 10.9. The van der Waals surface area contributed by atoms with E-state index < -0.39 is 5.91 Å². The number of nitrogens with two attached hydrogens (primary N) is 2. The largest absolute Gasteiger partial charge is 0.497 e. The molecule has 0 unspecified atom stereocenters. The summed E-state index contributed by atoms with van der Waals surface area (Å²) in [5, 5.41) is 0. The van der Waals surface area contributed by atoms with Gasteiger partial charge in [-0.25, -0.2) is 4.98 Å². The van der Waals surface area contributed by atoms with Crippen molar-refractivity contribution in [1.29, 1.82) is 0 Å². The molecule has 0 saturated heterocycles. The van der Waals surface area contributed by atoms with Gasteiger partial charge in [0.05, 0.1) is 18.1 Å². The van der Waals surface area contributed by atoms with Crippen LogP contribution < -0.4 is 16.2 Å². The van der Waals surface area contributed by atoms with Crippen molar-refractivity contribution < 1.29 is 9.53 Å². The van der Waals surface area contributed by atoms with Crippen LogP contribution in [0.5, 0.6) is 5.75 Å². The fourth-order valence-corrected chi connectivity index (χ4v) is 1.57. The van der Waals surface area contributed by atoms with Crippen molar-refractivity contribution in [2.75, 3.05) is 12.8 Å². The highest BCUT2D eigenvalue weighted by Crippen LogP contribution is 2.22. The SMILES string of the molecule is COc1ccc2nc(N)n(CC(N)=O)c2c1. The second-order valence-electron chi connectivity index (χ2n) is 3.38. The molecule has 2 rings (SSSR count). The Bertz CT molecular complexity index is 547. The third kappa shape index (κ3) is 1.65. The lowest BCUT2D eigenvalue weighted by Crippen LogP contribution is -2.19. The number of aromatic nitrogens is 2. The van der Waals surface area contributed by atoms with Crippen LogP contribution in [0.4, 0.5) is 5.95 Å². The van der Waals surface area contributed by atoms with Crippen LogP contribution in [0.25, 0.3) is 11.0 Å². The van der Waals surface area contributed by atoms with Crippen LogP contribution in [0, 0.1) is 0 Å². The minimum atomic E-state index is -0.464. The van der Waals surface area contributed by atoms with Crippen LogP contribution in [-0.2, 0) is 11.3 Å². The number of methoxy groups -OCH3 is 1. The monoisotopic (exact) mass is 220 g/mol. The quantitative estimate of drug-likeness (QED) is 0.767. The summed E-state index contributed by atoms with van der Waals surface area (Å²) in [5.74, 6) is 0.481. The third-order valence-electron chi connectivity index (χ3n) is 2.30. The number of nitrogens with zero attached hydrogens (tertiary/aromatic N) is 2. The molecule has 0 spiro atoms. The van der Waals surface area contributed by atoms with Gasteiger partial charge in [0.25, 0.3) is 0 Å². The molecule has 0 saturated carbocycles. The molecule has 1 aromatic carbocycles. The number of fused-ring (bicyclic) bond motifs is 1. The van der Waals surface area contributed by atoms with E-state index in [1.165, 1.54) is 0 Å². The summed E-state index contributed by atoms with van der Waals surface area (Å²) in [5.41, 5.74) is 12.3. The third-order valence-corrected chi connectivity index (χ3v) is 2.30. The number of primary amides is 1. The summed E-state index contributed by atoms with van der Waals surface area (Å²) in [6.07, 6.45) is 0. The summed E-state index contributed by atoms with van der Waals surface area (Å²) in [4.78, 5) is 15.0. The number of carbonyl (C=O) groups excluding carboxylic acids is 1. The highest BCUT2D eigenvalue weighted by molar-refractivity contribution is 5.83. The number of nitrogen functional groups attached to an aromatic ring is 1. The molecule has 0 aliphatic heterocycles. The molecular formula is C10H12N4O2. The molecule has 1 amide bonds. The van der Waals surface area contributed by atoms with E-state index in [4.69, 9.17) is 16.2 Å². The fraction of sp³-hybridized carbons (Fsp3) is 0.200. The Hall–Kier alpha value is -2.24. The second kappa shape index (κ2) is 3.73. The average Bonchev–Trinajstić information content (AvgIpc) is 2.54. The molecule has 1 heterocycles. The van der Waals surface area contributed by atoms with Crippen LogP contribution in [0.15, 0.2) is 18.2 Å². The first-order valence-corrected chi connectivity index (χ1v) is 4.70. The Labute approximate surface area is 91.8 Å². The van der Waals surface area contributed by atoms with E-state index in [0.29, 0.717) is 11.3 Å². The van der Waals surface area contributed by atoms with Gasteiger partial charge in [0.2, 0.25) is 11.9 Å². The number of hydrogen-bond acceptors (Lipinski definition) is 4. The minimum absolute atomic E-state index is 0.00943. The van der Waals surface area contributed by atoms with Crippen molar-refractivity contribution in [3.8, 4) is 5.75 Å². The Morgan fingerprint density at radius 2 is 2.31 bits per heavy atom. The van der Waals surface area contributed by atoms with E-state index in [-0.39, 0.29) is 12.5 Å². The number of carbonyl (C=O) groups is 1. The lowest BCUT2D eigenvalue weighted by atomic mass is 10.3. The molecule has 4 N–H and O–H groups in total. The molecule has 0 aliphatic rings. The van der Waals surface area contributed by atoms with Crippen LogP contribution in [0.1, 0.15) is 0 Å². The second-order valence-corrected chi connectivity index (χ2v) is 3.38. The van der Waals surface area contributed by atoms with Gasteiger partial charge in [-0.2, -0.15) is 0 Å². The number of rotatable bonds is 3. The molecule has 0 fully saturated rings. The van der Waals surface area contributed by atoms with Gasteiger partial charge < -0.3 is 20.8 Å². The number of hydrogen-bond donors (Lipinski definition) is 2. The Kier molecular flexibility index (Phi) is 2.40. The fourth-order valence-electron chi connectivity index (χ4n) is 1.57. The lowest BCUT2D eigenvalue weighted by molar-refractivity contribution is -0.118. The molecule has 0 bridgehead atoms. The van der Waals surface area contributed by atoms with Crippen LogP contribution in [0.2, 0.25) is 0 Å². The highest BCUT2D eigenvalue weighted by Gasteiger charge is 2.10. The number of benzene rings is 1. The lowest BCUT2D eigenvalue weighted by Gasteiger charge is -2.04. The molecule has 2 aromatic rings. The smallest absolute Gasteiger partial charge is 0.237 e. The van der Waals surface area contributed by atoms with Crippen molar-refractivity contribution in [2.45, 2.75) is 6.54 Å². The highest BCUT2D eigenvalue weighted by atomic mass is 16.5. The van der Waals surface area contributed by atoms with Crippen LogP contribution in [0.3, 0.4) is 0 Å². The number of ether oxygens (including phenoxy) is 1. The zero-order chi connectivity index (χ0) is 11.7. The van der Waals surface area contributed by atoms with Crippen molar-refractivity contribution in [3.05, 3.63) is 18.2 Å². The first kappa shape index (κ1) is 10.3. The van der Waals surface area contributed by atoms with E-state index in [9.17, 15) is 4.79 Å². The number of amides is 1. The van der Waals surface area contributed by atoms with E-state index in [1.54, 1.807) is 29.9 Å². The van der Waals surface area contributed by atoms with Crippen molar-refractivity contribution in [1.82, 2.24) is 9.55 Å². The van der Waals surface area contributed by atoms with Gasteiger partial charge in [0.15, 0.2) is 0 Å². The van der Waals surface area contributed by atoms with Gasteiger partial charge in [0.1, 0.15) is 12.3 Å². The molecule has 1 aromatic heterocycles.